The summed E-state index contributed by atoms with van der Waals surface area (Å²) in [4.78, 5) is 0. The number of rotatable bonds is 6. The lowest BCUT2D eigenvalue weighted by Gasteiger charge is -2.49. The Kier molecular flexibility index (Phi) is 5.30. The third-order valence-corrected chi connectivity index (χ3v) is 5.46. The van der Waals surface area contributed by atoms with Crippen molar-refractivity contribution in [2.45, 2.75) is 65.4 Å². The highest BCUT2D eigenvalue weighted by molar-refractivity contribution is 4.95. The predicted molar refractivity (Wildman–Crippen MR) is 81.3 cm³/mol. The highest BCUT2D eigenvalue weighted by Gasteiger charge is 2.44. The van der Waals surface area contributed by atoms with Gasteiger partial charge < -0.3 is 10.1 Å². The van der Waals surface area contributed by atoms with Gasteiger partial charge in [-0.25, -0.2) is 0 Å². The molecule has 1 aliphatic carbocycles. The Morgan fingerprint density at radius 2 is 1.89 bits per heavy atom. The van der Waals surface area contributed by atoms with Crippen LogP contribution in [0.15, 0.2) is 0 Å². The summed E-state index contributed by atoms with van der Waals surface area (Å²) >= 11 is 0. The molecule has 0 bridgehead atoms. The molecule has 2 aliphatic rings. The van der Waals surface area contributed by atoms with E-state index in [4.69, 9.17) is 4.74 Å². The molecule has 1 aliphatic heterocycles. The number of nitrogens with one attached hydrogen (secondary N) is 1. The average Bonchev–Trinajstić information content (AvgIpc) is 2.35. The van der Waals surface area contributed by atoms with E-state index in [1.165, 1.54) is 38.6 Å². The standard InChI is InChI=1S/C17H33NO/c1-13(2)11-18-12-14(3)15(4)16-6-9-19-17(10-16)7-5-8-17/h13-16,18H,5-12H2,1-4H3. The Morgan fingerprint density at radius 1 is 1.16 bits per heavy atom. The van der Waals surface area contributed by atoms with Crippen LogP contribution >= 0.6 is 0 Å². The zero-order valence-electron chi connectivity index (χ0n) is 13.4. The minimum Gasteiger partial charge on any atom is -0.375 e. The maximum atomic E-state index is 6.06. The van der Waals surface area contributed by atoms with Gasteiger partial charge in [0.05, 0.1) is 5.60 Å². The van der Waals surface area contributed by atoms with Crippen LogP contribution in [0.4, 0.5) is 0 Å². The quantitative estimate of drug-likeness (QED) is 0.789. The van der Waals surface area contributed by atoms with Gasteiger partial charge in [-0.15, -0.1) is 0 Å². The smallest absolute Gasteiger partial charge is 0.0685 e. The van der Waals surface area contributed by atoms with Crippen LogP contribution in [0.1, 0.15) is 59.8 Å². The molecule has 0 amide bonds. The lowest BCUT2D eigenvalue weighted by molar-refractivity contribution is -0.151. The molecule has 3 unspecified atom stereocenters. The zero-order chi connectivity index (χ0) is 13.9. The van der Waals surface area contributed by atoms with E-state index in [1.807, 2.05) is 0 Å². The van der Waals surface area contributed by atoms with Crippen molar-refractivity contribution in [2.24, 2.45) is 23.7 Å². The third-order valence-electron chi connectivity index (χ3n) is 5.46. The van der Waals surface area contributed by atoms with Gasteiger partial charge in [0, 0.05) is 6.61 Å². The van der Waals surface area contributed by atoms with Gasteiger partial charge in [-0.05, 0) is 68.9 Å². The molecule has 0 aromatic rings. The molecule has 0 radical (unpaired) electrons. The molecule has 0 aromatic carbocycles. The van der Waals surface area contributed by atoms with Crippen LogP contribution in [0.25, 0.3) is 0 Å². The van der Waals surface area contributed by atoms with Crippen LogP contribution in [-0.4, -0.2) is 25.3 Å². The summed E-state index contributed by atoms with van der Waals surface area (Å²) in [5.74, 6) is 3.23. The molecule has 1 heterocycles. The largest absolute Gasteiger partial charge is 0.375 e. The van der Waals surface area contributed by atoms with Crippen molar-refractivity contribution in [3.8, 4) is 0 Å². The Morgan fingerprint density at radius 3 is 2.47 bits per heavy atom. The van der Waals surface area contributed by atoms with E-state index in [0.29, 0.717) is 5.60 Å². The minimum atomic E-state index is 0.308. The normalized spacial score (nSPS) is 29.2. The first kappa shape index (κ1) is 15.3. The second kappa shape index (κ2) is 6.58. The lowest BCUT2D eigenvalue weighted by atomic mass is 9.67. The second-order valence-electron chi connectivity index (χ2n) is 7.53. The average molecular weight is 267 g/mol. The summed E-state index contributed by atoms with van der Waals surface area (Å²) < 4.78 is 6.06. The Labute approximate surface area is 119 Å². The summed E-state index contributed by atoms with van der Waals surface area (Å²) in [5.41, 5.74) is 0.308. The maximum absolute atomic E-state index is 6.06. The molecule has 1 N–H and O–H groups in total. The van der Waals surface area contributed by atoms with E-state index in [1.54, 1.807) is 0 Å². The van der Waals surface area contributed by atoms with Gasteiger partial charge in [0.25, 0.3) is 0 Å². The zero-order valence-corrected chi connectivity index (χ0v) is 13.4. The van der Waals surface area contributed by atoms with Gasteiger partial charge in [-0.2, -0.15) is 0 Å². The topological polar surface area (TPSA) is 21.3 Å². The van der Waals surface area contributed by atoms with Crippen molar-refractivity contribution < 1.29 is 4.74 Å². The highest BCUT2D eigenvalue weighted by atomic mass is 16.5. The van der Waals surface area contributed by atoms with Crippen molar-refractivity contribution in [3.63, 3.8) is 0 Å². The molecular weight excluding hydrogens is 234 g/mol. The summed E-state index contributed by atoms with van der Waals surface area (Å²) in [5, 5.41) is 3.62. The third kappa shape index (κ3) is 3.95. The molecule has 19 heavy (non-hydrogen) atoms. The summed E-state index contributed by atoms with van der Waals surface area (Å²) in [6.45, 7) is 12.8. The lowest BCUT2D eigenvalue weighted by Crippen LogP contribution is -2.47. The van der Waals surface area contributed by atoms with Gasteiger partial charge >= 0.3 is 0 Å². The maximum Gasteiger partial charge on any atom is 0.0685 e. The van der Waals surface area contributed by atoms with Gasteiger partial charge in [0.2, 0.25) is 0 Å². The van der Waals surface area contributed by atoms with Gasteiger partial charge in [0.1, 0.15) is 0 Å². The van der Waals surface area contributed by atoms with Crippen molar-refractivity contribution in [2.75, 3.05) is 19.7 Å². The molecule has 112 valence electrons. The van der Waals surface area contributed by atoms with E-state index in [0.717, 1.165) is 36.8 Å². The molecule has 1 saturated carbocycles. The minimum absolute atomic E-state index is 0.308. The van der Waals surface area contributed by atoms with Crippen LogP contribution in [0.3, 0.4) is 0 Å². The molecule has 1 spiro atoms. The fourth-order valence-electron chi connectivity index (χ4n) is 3.68. The van der Waals surface area contributed by atoms with Crippen molar-refractivity contribution in [1.82, 2.24) is 5.32 Å². The van der Waals surface area contributed by atoms with E-state index in [-0.39, 0.29) is 0 Å². The Hall–Kier alpha value is -0.0800. The first-order valence-electron chi connectivity index (χ1n) is 8.37. The van der Waals surface area contributed by atoms with Gasteiger partial charge in [0.15, 0.2) is 0 Å². The van der Waals surface area contributed by atoms with Gasteiger partial charge in [-0.1, -0.05) is 27.7 Å². The Balaban J connectivity index is 1.76. The van der Waals surface area contributed by atoms with Crippen molar-refractivity contribution in [3.05, 3.63) is 0 Å². The fourth-order valence-corrected chi connectivity index (χ4v) is 3.68. The predicted octanol–water partition coefficient (Wildman–Crippen LogP) is 3.85. The van der Waals surface area contributed by atoms with Crippen LogP contribution in [0, 0.1) is 23.7 Å². The van der Waals surface area contributed by atoms with Crippen molar-refractivity contribution in [1.29, 1.82) is 0 Å². The second-order valence-corrected chi connectivity index (χ2v) is 7.53. The van der Waals surface area contributed by atoms with Crippen LogP contribution in [0.5, 0.6) is 0 Å². The van der Waals surface area contributed by atoms with Crippen LogP contribution in [-0.2, 0) is 4.74 Å². The molecule has 2 heteroatoms. The molecule has 0 aromatic heterocycles. The van der Waals surface area contributed by atoms with Crippen molar-refractivity contribution >= 4 is 0 Å². The molecule has 3 atom stereocenters. The number of ether oxygens (including phenoxy) is 1. The first-order chi connectivity index (χ1) is 9.02. The molecule has 2 fully saturated rings. The van der Waals surface area contributed by atoms with Crippen LogP contribution in [0.2, 0.25) is 0 Å². The summed E-state index contributed by atoms with van der Waals surface area (Å²) in [6, 6.07) is 0. The van der Waals surface area contributed by atoms with E-state index in [2.05, 4.69) is 33.0 Å². The molecule has 2 rings (SSSR count). The molecular formula is C17H33NO. The SMILES string of the molecule is CC(C)CNCC(C)C(C)C1CCOC2(CCC2)C1. The summed E-state index contributed by atoms with van der Waals surface area (Å²) in [6.07, 6.45) is 6.61. The monoisotopic (exact) mass is 267 g/mol. The van der Waals surface area contributed by atoms with Crippen LogP contribution < -0.4 is 5.32 Å². The number of hydrogen-bond donors (Lipinski definition) is 1. The molecule has 1 saturated heterocycles. The van der Waals surface area contributed by atoms with Gasteiger partial charge in [-0.3, -0.25) is 0 Å². The highest BCUT2D eigenvalue weighted by Crippen LogP contribution is 2.46. The fraction of sp³-hybridized carbons (Fsp3) is 1.00. The Bertz CT molecular complexity index is 272. The number of hydrogen-bond acceptors (Lipinski definition) is 2. The van der Waals surface area contributed by atoms with E-state index in [9.17, 15) is 0 Å². The molecule has 2 nitrogen and oxygen atoms in total. The summed E-state index contributed by atoms with van der Waals surface area (Å²) in [7, 11) is 0. The van der Waals surface area contributed by atoms with E-state index >= 15 is 0 Å². The first-order valence-corrected chi connectivity index (χ1v) is 8.37. The van der Waals surface area contributed by atoms with E-state index < -0.39 is 0 Å².